The van der Waals surface area contributed by atoms with Crippen LogP contribution in [0.25, 0.3) is 10.8 Å². The minimum absolute atomic E-state index is 0.0646. The van der Waals surface area contributed by atoms with Gasteiger partial charge in [-0.1, -0.05) is 47.4 Å². The van der Waals surface area contributed by atoms with E-state index in [4.69, 9.17) is 0 Å². The number of hydrogen-bond donors (Lipinski definition) is 2. The monoisotopic (exact) mass is 362 g/mol. The third-order valence-electron chi connectivity index (χ3n) is 4.47. The number of rotatable bonds is 9. The van der Waals surface area contributed by atoms with Crippen molar-refractivity contribution in [1.82, 2.24) is 10.6 Å². The summed E-state index contributed by atoms with van der Waals surface area (Å²) >= 11 is 0. The Bertz CT molecular complexity index is 705. The maximum Gasteiger partial charge on any atom is 0.251 e. The maximum atomic E-state index is 12.6. The maximum absolute atomic E-state index is 12.6. The average Bonchev–Trinajstić information content (AvgIpc) is 2.62. The molecule has 2 rings (SSSR count). The first-order chi connectivity index (χ1) is 12.0. The molecule has 1 amide bonds. The molecule has 0 radical (unpaired) electrons. The molecule has 3 nitrogen and oxygen atoms in total. The molecule has 0 bridgehead atoms. The highest BCUT2D eigenvalue weighted by atomic mass is 31.0. The van der Waals surface area contributed by atoms with Gasteiger partial charge in [0.2, 0.25) is 0 Å². The molecule has 0 aromatic heterocycles. The Balaban J connectivity index is 1.96. The van der Waals surface area contributed by atoms with Crippen LogP contribution in [0, 0.1) is 0 Å². The van der Waals surface area contributed by atoms with Gasteiger partial charge >= 0.3 is 0 Å². The van der Waals surface area contributed by atoms with Crippen LogP contribution in [-0.2, 0) is 0 Å². The zero-order valence-corrected chi connectivity index (χ0v) is 16.2. The molecule has 3 unspecified atom stereocenters. The summed E-state index contributed by atoms with van der Waals surface area (Å²) in [5, 5.41) is 8.24. The van der Waals surface area contributed by atoms with Gasteiger partial charge in [-0.05, 0) is 53.8 Å². The summed E-state index contributed by atoms with van der Waals surface area (Å²) in [5.74, 6) is -0.487. The van der Waals surface area contributed by atoms with Gasteiger partial charge in [-0.2, -0.15) is 0 Å². The number of carbonyl (C=O) groups excluding carboxylic acids is 1. The van der Waals surface area contributed by atoms with E-state index in [-0.39, 0.29) is 5.91 Å². The van der Waals surface area contributed by atoms with Gasteiger partial charge in [0.05, 0.1) is 0 Å². The highest BCUT2D eigenvalue weighted by molar-refractivity contribution is 7.17. The second kappa shape index (κ2) is 9.84. The van der Waals surface area contributed by atoms with Gasteiger partial charge in [0, 0.05) is 18.7 Å². The Morgan fingerprint density at radius 1 is 1.24 bits per heavy atom. The molecule has 0 spiro atoms. The van der Waals surface area contributed by atoms with Crippen LogP contribution < -0.4 is 10.6 Å². The number of carbonyl (C=O) groups is 1. The van der Waals surface area contributed by atoms with Gasteiger partial charge in [0.1, 0.15) is 5.91 Å². The minimum atomic E-state index is -0.924. The van der Waals surface area contributed by atoms with Crippen LogP contribution in [0.3, 0.4) is 0 Å². The van der Waals surface area contributed by atoms with Crippen molar-refractivity contribution in [2.75, 3.05) is 19.6 Å². The molecule has 3 atom stereocenters. The Morgan fingerprint density at radius 2 is 2.04 bits per heavy atom. The van der Waals surface area contributed by atoms with E-state index >= 15 is 0 Å². The zero-order chi connectivity index (χ0) is 18.2. The fraction of sp³-hybridized carbons (Fsp3) is 0.450. The molecule has 0 saturated heterocycles. The Kier molecular flexibility index (Phi) is 7.80. The molecule has 2 aromatic carbocycles. The number of amides is 1. The fourth-order valence-corrected chi connectivity index (χ4v) is 3.02. The first kappa shape index (κ1) is 19.8. The number of benzene rings is 2. The molecule has 0 saturated carbocycles. The predicted molar refractivity (Wildman–Crippen MR) is 107 cm³/mol. The number of fused-ring (bicyclic) bond motifs is 1. The van der Waals surface area contributed by atoms with Crippen molar-refractivity contribution >= 4 is 25.9 Å². The van der Waals surface area contributed by atoms with Gasteiger partial charge in [-0.15, -0.1) is 0 Å². The van der Waals surface area contributed by atoms with E-state index in [9.17, 15) is 9.18 Å². The van der Waals surface area contributed by atoms with Crippen LogP contribution >= 0.6 is 9.24 Å². The molecule has 0 fully saturated rings. The largest absolute Gasteiger partial charge is 0.352 e. The third-order valence-corrected chi connectivity index (χ3v) is 4.71. The van der Waals surface area contributed by atoms with E-state index in [1.54, 1.807) is 0 Å². The molecule has 2 N–H and O–H groups in total. The molecule has 25 heavy (non-hydrogen) atoms. The summed E-state index contributed by atoms with van der Waals surface area (Å²) in [6.45, 7) is 6.00. The van der Waals surface area contributed by atoms with Crippen molar-refractivity contribution in [3.05, 3.63) is 47.5 Å². The SMILES string of the molecule is CCC(C)c1cccc2cc(C(=O)NCCCNCC(F)P)ccc12. The topological polar surface area (TPSA) is 41.1 Å². The van der Waals surface area contributed by atoms with Crippen LogP contribution in [0.4, 0.5) is 4.39 Å². The molecule has 2 aromatic rings. The molecule has 0 aliphatic carbocycles. The average molecular weight is 362 g/mol. The van der Waals surface area contributed by atoms with Gasteiger partial charge in [-0.25, -0.2) is 4.39 Å². The summed E-state index contributed by atoms with van der Waals surface area (Å²) in [7, 11) is 2.11. The highest BCUT2D eigenvalue weighted by Crippen LogP contribution is 2.28. The molecule has 5 heteroatoms. The van der Waals surface area contributed by atoms with Crippen molar-refractivity contribution in [2.45, 2.75) is 38.5 Å². The molecule has 0 aliphatic rings. The minimum Gasteiger partial charge on any atom is -0.352 e. The second-order valence-electron chi connectivity index (χ2n) is 6.42. The van der Waals surface area contributed by atoms with Crippen LogP contribution in [0.5, 0.6) is 0 Å². The second-order valence-corrected chi connectivity index (χ2v) is 7.15. The Labute approximate surface area is 152 Å². The third kappa shape index (κ3) is 5.76. The summed E-state index contributed by atoms with van der Waals surface area (Å²) in [6, 6.07) is 12.2. The molecule has 0 aliphatic heterocycles. The van der Waals surface area contributed by atoms with Crippen molar-refractivity contribution < 1.29 is 9.18 Å². The lowest BCUT2D eigenvalue weighted by atomic mass is 9.92. The quantitative estimate of drug-likeness (QED) is 0.518. The highest BCUT2D eigenvalue weighted by Gasteiger charge is 2.10. The van der Waals surface area contributed by atoms with Crippen molar-refractivity contribution in [3.63, 3.8) is 0 Å². The van der Waals surface area contributed by atoms with Crippen LogP contribution in [0.2, 0.25) is 0 Å². The van der Waals surface area contributed by atoms with Crippen LogP contribution in [0.15, 0.2) is 36.4 Å². The van der Waals surface area contributed by atoms with E-state index in [2.05, 4.69) is 51.9 Å². The number of nitrogens with one attached hydrogen (secondary N) is 2. The van der Waals surface area contributed by atoms with Crippen LogP contribution in [-0.4, -0.2) is 31.5 Å². The van der Waals surface area contributed by atoms with Crippen molar-refractivity contribution in [2.24, 2.45) is 0 Å². The molecule has 0 heterocycles. The number of alkyl halides is 1. The predicted octanol–water partition coefficient (Wildman–Crippen LogP) is 4.23. The molecular formula is C20H28FN2OP. The number of halogens is 1. The number of hydrogen-bond acceptors (Lipinski definition) is 2. The first-order valence-electron chi connectivity index (χ1n) is 8.94. The van der Waals surface area contributed by atoms with E-state index < -0.39 is 5.91 Å². The van der Waals surface area contributed by atoms with Gasteiger partial charge < -0.3 is 10.6 Å². The van der Waals surface area contributed by atoms with Gasteiger partial charge in [-0.3, -0.25) is 4.79 Å². The summed E-state index contributed by atoms with van der Waals surface area (Å²) in [6.07, 6.45) is 1.87. The van der Waals surface area contributed by atoms with Gasteiger partial charge in [0.15, 0.2) is 0 Å². The van der Waals surface area contributed by atoms with E-state index in [1.807, 2.05) is 18.2 Å². The summed E-state index contributed by atoms with van der Waals surface area (Å²) in [5.41, 5.74) is 2.01. The standard InChI is InChI=1S/C20H28FN2OP/c1-3-14(2)17-7-4-6-15-12-16(8-9-18(15)17)20(24)23-11-5-10-22-13-19(21)25/h4,6-9,12,14,19,22H,3,5,10-11,13,25H2,1-2H3,(H,23,24). The van der Waals surface area contributed by atoms with Crippen molar-refractivity contribution in [1.29, 1.82) is 0 Å². The lowest BCUT2D eigenvalue weighted by Gasteiger charge is -2.13. The molecular weight excluding hydrogens is 334 g/mol. The van der Waals surface area contributed by atoms with E-state index in [0.717, 1.165) is 18.2 Å². The summed E-state index contributed by atoms with van der Waals surface area (Å²) in [4.78, 5) is 12.3. The zero-order valence-electron chi connectivity index (χ0n) is 15.0. The Morgan fingerprint density at radius 3 is 2.76 bits per heavy atom. The van der Waals surface area contributed by atoms with Crippen LogP contribution in [0.1, 0.15) is 48.5 Å². The van der Waals surface area contributed by atoms with E-state index in [0.29, 0.717) is 31.1 Å². The molecule has 136 valence electrons. The van der Waals surface area contributed by atoms with Gasteiger partial charge in [0.25, 0.3) is 5.91 Å². The first-order valence-corrected chi connectivity index (χ1v) is 9.60. The smallest absolute Gasteiger partial charge is 0.251 e. The normalized spacial score (nSPS) is 13.6. The lowest BCUT2D eigenvalue weighted by Crippen LogP contribution is -2.28. The fourth-order valence-electron chi connectivity index (χ4n) is 2.86. The lowest BCUT2D eigenvalue weighted by molar-refractivity contribution is 0.0953. The Hall–Kier alpha value is -1.51. The van der Waals surface area contributed by atoms with Crippen molar-refractivity contribution in [3.8, 4) is 0 Å². The van der Waals surface area contributed by atoms with E-state index in [1.165, 1.54) is 10.9 Å². The summed E-state index contributed by atoms with van der Waals surface area (Å²) < 4.78 is 12.6.